The van der Waals surface area contributed by atoms with Gasteiger partial charge in [-0.3, -0.25) is 14.5 Å². The highest BCUT2D eigenvalue weighted by Crippen LogP contribution is 2.13. The Morgan fingerprint density at radius 1 is 1.06 bits per heavy atom. The largest absolute Gasteiger partial charge is 0.394 e. The predicted molar refractivity (Wildman–Crippen MR) is 62.0 cm³/mol. The van der Waals surface area contributed by atoms with Gasteiger partial charge in [-0.15, -0.1) is 0 Å². The van der Waals surface area contributed by atoms with E-state index in [4.69, 9.17) is 0 Å². The first-order valence-electron chi connectivity index (χ1n) is 5.42. The molecule has 0 aliphatic carbocycles. The molecule has 1 aliphatic rings. The predicted octanol–water partition coefficient (Wildman–Crippen LogP) is 0.515. The molecule has 1 N–H and O–H groups in total. The molecule has 17 heavy (non-hydrogen) atoms. The molecule has 0 bridgehead atoms. The van der Waals surface area contributed by atoms with Crippen LogP contribution in [0.1, 0.15) is 5.56 Å². The van der Waals surface area contributed by atoms with Gasteiger partial charge >= 0.3 is 0 Å². The second-order valence-corrected chi connectivity index (χ2v) is 3.91. The zero-order valence-corrected chi connectivity index (χ0v) is 9.24. The minimum Gasteiger partial charge on any atom is -0.394 e. The molecule has 0 saturated carbocycles. The number of rotatable bonds is 4. The first-order chi connectivity index (χ1) is 8.22. The van der Waals surface area contributed by atoms with Gasteiger partial charge in [0, 0.05) is 12.2 Å². The average Bonchev–Trinajstić information content (AvgIpc) is 2.68. The third kappa shape index (κ3) is 2.42. The van der Waals surface area contributed by atoms with Gasteiger partial charge in [-0.25, -0.2) is 0 Å². The molecule has 4 heteroatoms. The van der Waals surface area contributed by atoms with Gasteiger partial charge in [0.25, 0.3) is 11.8 Å². The molecule has 1 heterocycles. The van der Waals surface area contributed by atoms with Gasteiger partial charge < -0.3 is 5.11 Å². The Bertz CT molecular complexity index is 435. The summed E-state index contributed by atoms with van der Waals surface area (Å²) < 4.78 is 0. The molecule has 0 saturated heterocycles. The molecule has 1 aliphatic heterocycles. The fourth-order valence-corrected chi connectivity index (χ4v) is 1.90. The minimum absolute atomic E-state index is 0.228. The maximum atomic E-state index is 11.5. The quantitative estimate of drug-likeness (QED) is 0.768. The van der Waals surface area contributed by atoms with Crippen LogP contribution in [0.2, 0.25) is 0 Å². The molecule has 1 aromatic carbocycles. The van der Waals surface area contributed by atoms with Crippen molar-refractivity contribution in [3.63, 3.8) is 0 Å². The number of aliphatic hydroxyl groups is 1. The Balaban J connectivity index is 2.12. The molecule has 1 aromatic rings. The molecular formula is C13H13NO3. The highest BCUT2D eigenvalue weighted by atomic mass is 16.3. The van der Waals surface area contributed by atoms with Gasteiger partial charge in [-0.2, -0.15) is 0 Å². The number of aliphatic hydroxyl groups excluding tert-OH is 1. The molecule has 0 unspecified atom stereocenters. The van der Waals surface area contributed by atoms with E-state index in [0.717, 1.165) is 10.5 Å². The highest BCUT2D eigenvalue weighted by Gasteiger charge is 2.30. The van der Waals surface area contributed by atoms with Crippen LogP contribution >= 0.6 is 0 Å². The van der Waals surface area contributed by atoms with Gasteiger partial charge in [-0.05, 0) is 12.0 Å². The Kier molecular flexibility index (Phi) is 3.35. The lowest BCUT2D eigenvalue weighted by Gasteiger charge is -2.24. The van der Waals surface area contributed by atoms with Crippen LogP contribution in [0.4, 0.5) is 0 Å². The van der Waals surface area contributed by atoms with E-state index in [0.29, 0.717) is 6.42 Å². The van der Waals surface area contributed by atoms with E-state index >= 15 is 0 Å². The summed E-state index contributed by atoms with van der Waals surface area (Å²) in [4.78, 5) is 24.1. The van der Waals surface area contributed by atoms with E-state index in [1.165, 1.54) is 12.2 Å². The second-order valence-electron chi connectivity index (χ2n) is 3.91. The molecular weight excluding hydrogens is 218 g/mol. The van der Waals surface area contributed by atoms with Crippen LogP contribution in [-0.2, 0) is 16.0 Å². The Morgan fingerprint density at radius 2 is 1.65 bits per heavy atom. The molecule has 2 amide bonds. The molecule has 0 fully saturated rings. The standard InChI is InChI=1S/C13H13NO3/c15-9-11(8-10-4-2-1-3-5-10)14-12(16)6-7-13(14)17/h1-7,11,15H,8-9H2/t11-/m1/s1. The van der Waals surface area contributed by atoms with E-state index < -0.39 is 6.04 Å². The van der Waals surface area contributed by atoms with E-state index in [2.05, 4.69) is 0 Å². The summed E-state index contributed by atoms with van der Waals surface area (Å²) in [6, 6.07) is 8.98. The summed E-state index contributed by atoms with van der Waals surface area (Å²) in [5.74, 6) is -0.713. The minimum atomic E-state index is -0.493. The lowest BCUT2D eigenvalue weighted by Crippen LogP contribution is -2.43. The SMILES string of the molecule is O=C1C=CC(=O)N1[C@@H](CO)Cc1ccccc1. The van der Waals surface area contributed by atoms with E-state index in [9.17, 15) is 14.7 Å². The maximum absolute atomic E-state index is 11.5. The average molecular weight is 231 g/mol. The summed E-state index contributed by atoms with van der Waals surface area (Å²) in [5.41, 5.74) is 0.985. The summed E-state index contributed by atoms with van der Waals surface area (Å²) in [6.07, 6.45) is 2.93. The molecule has 0 radical (unpaired) electrons. The van der Waals surface area contributed by atoms with Crippen LogP contribution in [-0.4, -0.2) is 34.5 Å². The Labute approximate surface area is 99.2 Å². The van der Waals surface area contributed by atoms with E-state index in [1.807, 2.05) is 30.3 Å². The van der Waals surface area contributed by atoms with Crippen molar-refractivity contribution >= 4 is 11.8 Å². The summed E-state index contributed by atoms with van der Waals surface area (Å²) >= 11 is 0. The maximum Gasteiger partial charge on any atom is 0.253 e. The van der Waals surface area contributed by atoms with Crippen LogP contribution in [0.5, 0.6) is 0 Å². The smallest absolute Gasteiger partial charge is 0.253 e. The van der Waals surface area contributed by atoms with E-state index in [1.54, 1.807) is 0 Å². The fourth-order valence-electron chi connectivity index (χ4n) is 1.90. The summed E-state index contributed by atoms with van der Waals surface area (Å²) in [7, 11) is 0. The first-order valence-corrected chi connectivity index (χ1v) is 5.42. The van der Waals surface area contributed by atoms with Crippen molar-refractivity contribution in [2.75, 3.05) is 6.61 Å². The fraction of sp³-hybridized carbons (Fsp3) is 0.231. The monoisotopic (exact) mass is 231 g/mol. The van der Waals surface area contributed by atoms with Crippen molar-refractivity contribution in [3.8, 4) is 0 Å². The molecule has 0 aromatic heterocycles. The summed E-state index contributed by atoms with van der Waals surface area (Å²) in [5, 5.41) is 9.31. The molecule has 4 nitrogen and oxygen atoms in total. The summed E-state index contributed by atoms with van der Waals surface area (Å²) in [6.45, 7) is -0.228. The van der Waals surface area contributed by atoms with E-state index in [-0.39, 0.29) is 18.4 Å². The Morgan fingerprint density at radius 3 is 2.18 bits per heavy atom. The number of carbonyl (C=O) groups is 2. The normalized spacial score (nSPS) is 16.6. The van der Waals surface area contributed by atoms with Crippen molar-refractivity contribution in [3.05, 3.63) is 48.0 Å². The van der Waals surface area contributed by atoms with Crippen molar-refractivity contribution in [2.24, 2.45) is 0 Å². The zero-order chi connectivity index (χ0) is 12.3. The number of benzene rings is 1. The number of carbonyl (C=O) groups excluding carboxylic acids is 2. The number of hydrogen-bond acceptors (Lipinski definition) is 3. The van der Waals surface area contributed by atoms with Crippen LogP contribution in [0.25, 0.3) is 0 Å². The third-order valence-electron chi connectivity index (χ3n) is 2.73. The van der Waals surface area contributed by atoms with Crippen molar-refractivity contribution in [1.29, 1.82) is 0 Å². The number of nitrogens with zero attached hydrogens (tertiary/aromatic N) is 1. The lowest BCUT2D eigenvalue weighted by molar-refractivity contribution is -0.140. The van der Waals surface area contributed by atoms with Crippen LogP contribution in [0, 0.1) is 0 Å². The molecule has 88 valence electrons. The van der Waals surface area contributed by atoms with Crippen molar-refractivity contribution in [1.82, 2.24) is 4.90 Å². The van der Waals surface area contributed by atoms with Gasteiger partial charge in [-0.1, -0.05) is 30.3 Å². The number of imide groups is 1. The van der Waals surface area contributed by atoms with Gasteiger partial charge in [0.05, 0.1) is 12.6 Å². The number of amides is 2. The zero-order valence-electron chi connectivity index (χ0n) is 9.24. The lowest BCUT2D eigenvalue weighted by atomic mass is 10.1. The van der Waals surface area contributed by atoms with Crippen molar-refractivity contribution in [2.45, 2.75) is 12.5 Å². The third-order valence-corrected chi connectivity index (χ3v) is 2.73. The molecule has 2 rings (SSSR count). The highest BCUT2D eigenvalue weighted by molar-refractivity contribution is 6.13. The van der Waals surface area contributed by atoms with Gasteiger partial charge in [0.2, 0.25) is 0 Å². The van der Waals surface area contributed by atoms with Crippen LogP contribution < -0.4 is 0 Å². The van der Waals surface area contributed by atoms with Crippen molar-refractivity contribution < 1.29 is 14.7 Å². The van der Waals surface area contributed by atoms with Gasteiger partial charge in [0.1, 0.15) is 0 Å². The first kappa shape index (κ1) is 11.5. The number of hydrogen-bond donors (Lipinski definition) is 1. The van der Waals surface area contributed by atoms with Crippen LogP contribution in [0.15, 0.2) is 42.5 Å². The topological polar surface area (TPSA) is 57.6 Å². The van der Waals surface area contributed by atoms with Crippen LogP contribution in [0.3, 0.4) is 0 Å². The Hall–Kier alpha value is -1.94. The van der Waals surface area contributed by atoms with Gasteiger partial charge in [0.15, 0.2) is 0 Å². The second kappa shape index (κ2) is 4.93. The molecule has 0 spiro atoms. The molecule has 1 atom stereocenters.